The van der Waals surface area contributed by atoms with Crippen LogP contribution in [-0.2, 0) is 0 Å². The molecule has 1 fully saturated rings. The van der Waals surface area contributed by atoms with E-state index in [0.717, 1.165) is 16.1 Å². The van der Waals surface area contributed by atoms with Gasteiger partial charge in [0.2, 0.25) is 5.95 Å². The molecule has 82 valence electrons. The fourth-order valence-electron chi connectivity index (χ4n) is 1.89. The van der Waals surface area contributed by atoms with E-state index in [9.17, 15) is 0 Å². The molecule has 3 nitrogen and oxygen atoms in total. The zero-order chi connectivity index (χ0) is 10.7. The van der Waals surface area contributed by atoms with Crippen molar-refractivity contribution in [2.24, 2.45) is 5.41 Å². The lowest BCUT2D eigenvalue weighted by atomic mass is 10.0. The maximum atomic E-state index is 4.24. The number of nitrogens with one attached hydrogen (secondary N) is 1. The van der Waals surface area contributed by atoms with Crippen LogP contribution < -0.4 is 5.32 Å². The Morgan fingerprint density at radius 1 is 1.40 bits per heavy atom. The second-order valence-corrected chi connectivity index (χ2v) is 5.57. The van der Waals surface area contributed by atoms with Gasteiger partial charge in [0.15, 0.2) is 0 Å². The molecule has 0 bridgehead atoms. The van der Waals surface area contributed by atoms with Gasteiger partial charge in [-0.2, -0.15) is 0 Å². The number of hydrogen-bond donors (Lipinski definition) is 1. The SMILES string of the molecule is CCCC1(CNc2ncc(I)cn2)CC1. The average Bonchev–Trinajstić information content (AvgIpc) is 2.99. The van der Waals surface area contributed by atoms with Gasteiger partial charge in [-0.25, -0.2) is 9.97 Å². The number of nitrogens with zero attached hydrogens (tertiary/aromatic N) is 2. The number of halogens is 1. The lowest BCUT2D eigenvalue weighted by Gasteiger charge is -2.14. The first kappa shape index (κ1) is 11.1. The van der Waals surface area contributed by atoms with E-state index >= 15 is 0 Å². The molecule has 4 heteroatoms. The molecular formula is C11H16IN3. The van der Waals surface area contributed by atoms with Gasteiger partial charge >= 0.3 is 0 Å². The van der Waals surface area contributed by atoms with Crippen LogP contribution in [0.15, 0.2) is 12.4 Å². The topological polar surface area (TPSA) is 37.8 Å². The highest BCUT2D eigenvalue weighted by atomic mass is 127. The smallest absolute Gasteiger partial charge is 0.222 e. The summed E-state index contributed by atoms with van der Waals surface area (Å²) >= 11 is 2.21. The van der Waals surface area contributed by atoms with Gasteiger partial charge in [-0.3, -0.25) is 0 Å². The predicted octanol–water partition coefficient (Wildman–Crippen LogP) is 3.07. The van der Waals surface area contributed by atoms with Crippen LogP contribution in [-0.4, -0.2) is 16.5 Å². The molecule has 0 unspecified atom stereocenters. The maximum absolute atomic E-state index is 4.24. The summed E-state index contributed by atoms with van der Waals surface area (Å²) in [5.41, 5.74) is 0.557. The Bertz CT molecular complexity index is 319. The van der Waals surface area contributed by atoms with Crippen LogP contribution in [0.25, 0.3) is 0 Å². The lowest BCUT2D eigenvalue weighted by Crippen LogP contribution is -2.16. The molecule has 0 aliphatic heterocycles. The molecule has 0 atom stereocenters. The molecule has 1 aromatic rings. The Balaban J connectivity index is 1.85. The summed E-state index contributed by atoms with van der Waals surface area (Å²) < 4.78 is 1.08. The minimum absolute atomic E-state index is 0.557. The summed E-state index contributed by atoms with van der Waals surface area (Å²) in [7, 11) is 0. The minimum atomic E-state index is 0.557. The molecule has 0 saturated heterocycles. The van der Waals surface area contributed by atoms with Crippen molar-refractivity contribution in [2.45, 2.75) is 32.6 Å². The van der Waals surface area contributed by atoms with E-state index in [4.69, 9.17) is 0 Å². The van der Waals surface area contributed by atoms with E-state index in [2.05, 4.69) is 44.8 Å². The van der Waals surface area contributed by atoms with E-state index in [1.807, 2.05) is 12.4 Å². The zero-order valence-corrected chi connectivity index (χ0v) is 11.1. The van der Waals surface area contributed by atoms with E-state index in [0.29, 0.717) is 5.41 Å². The Labute approximate surface area is 104 Å². The zero-order valence-electron chi connectivity index (χ0n) is 8.96. The van der Waals surface area contributed by atoms with E-state index in [1.165, 1.54) is 25.7 Å². The van der Waals surface area contributed by atoms with Crippen molar-refractivity contribution in [3.63, 3.8) is 0 Å². The third-order valence-electron chi connectivity index (χ3n) is 2.98. The van der Waals surface area contributed by atoms with Crippen molar-refractivity contribution in [1.29, 1.82) is 0 Å². The summed E-state index contributed by atoms with van der Waals surface area (Å²) in [4.78, 5) is 8.48. The van der Waals surface area contributed by atoms with E-state index in [-0.39, 0.29) is 0 Å². The summed E-state index contributed by atoms with van der Waals surface area (Å²) in [5.74, 6) is 0.762. The molecule has 15 heavy (non-hydrogen) atoms. The van der Waals surface area contributed by atoms with Crippen molar-refractivity contribution in [2.75, 3.05) is 11.9 Å². The van der Waals surface area contributed by atoms with Gasteiger partial charge in [-0.15, -0.1) is 0 Å². The summed E-state index contributed by atoms with van der Waals surface area (Å²) in [6, 6.07) is 0. The monoisotopic (exact) mass is 317 g/mol. The van der Waals surface area contributed by atoms with Gasteiger partial charge in [0.05, 0.1) is 0 Å². The standard InChI is InChI=1S/C11H16IN3/c1-2-3-11(4-5-11)8-15-10-13-6-9(12)7-14-10/h6-7H,2-5,8H2,1H3,(H,13,14,15). The molecule has 1 aliphatic carbocycles. The normalized spacial score (nSPS) is 17.5. The second-order valence-electron chi connectivity index (χ2n) is 4.33. The first-order valence-corrected chi connectivity index (χ1v) is 6.53. The molecule has 1 saturated carbocycles. The van der Waals surface area contributed by atoms with Crippen LogP contribution in [0.3, 0.4) is 0 Å². The Hall–Kier alpha value is -0.390. The molecular weight excluding hydrogens is 301 g/mol. The number of hydrogen-bond acceptors (Lipinski definition) is 3. The van der Waals surface area contributed by atoms with Crippen molar-refractivity contribution in [1.82, 2.24) is 9.97 Å². The highest BCUT2D eigenvalue weighted by Gasteiger charge is 2.41. The van der Waals surface area contributed by atoms with Crippen LogP contribution in [0.2, 0.25) is 0 Å². The first-order chi connectivity index (χ1) is 7.24. The number of rotatable bonds is 5. The first-order valence-electron chi connectivity index (χ1n) is 5.45. The summed E-state index contributed by atoms with van der Waals surface area (Å²) in [6.45, 7) is 3.28. The Morgan fingerprint density at radius 2 is 2.07 bits per heavy atom. The van der Waals surface area contributed by atoms with Crippen molar-refractivity contribution < 1.29 is 0 Å². The highest BCUT2D eigenvalue weighted by Crippen LogP contribution is 2.49. The van der Waals surface area contributed by atoms with Gasteiger partial charge in [0.1, 0.15) is 0 Å². The molecule has 0 amide bonds. The van der Waals surface area contributed by atoms with Crippen LogP contribution in [0.4, 0.5) is 5.95 Å². The fraction of sp³-hybridized carbons (Fsp3) is 0.636. The molecule has 1 N–H and O–H groups in total. The quantitative estimate of drug-likeness (QED) is 0.848. The van der Waals surface area contributed by atoms with Crippen LogP contribution in [0.5, 0.6) is 0 Å². The van der Waals surface area contributed by atoms with Gasteiger partial charge in [0, 0.05) is 22.5 Å². The fourth-order valence-corrected chi connectivity index (χ4v) is 2.17. The molecule has 2 rings (SSSR count). The highest BCUT2D eigenvalue weighted by molar-refractivity contribution is 14.1. The van der Waals surface area contributed by atoms with Crippen LogP contribution in [0, 0.1) is 8.99 Å². The second kappa shape index (κ2) is 4.63. The van der Waals surface area contributed by atoms with E-state index < -0.39 is 0 Å². The predicted molar refractivity (Wildman–Crippen MR) is 69.8 cm³/mol. The van der Waals surface area contributed by atoms with Crippen molar-refractivity contribution in [3.8, 4) is 0 Å². The van der Waals surface area contributed by atoms with Gasteiger partial charge in [0.25, 0.3) is 0 Å². The minimum Gasteiger partial charge on any atom is -0.354 e. The Morgan fingerprint density at radius 3 is 2.60 bits per heavy atom. The van der Waals surface area contributed by atoms with Gasteiger partial charge in [-0.05, 0) is 47.3 Å². The molecule has 0 radical (unpaired) electrons. The molecule has 0 spiro atoms. The van der Waals surface area contributed by atoms with Crippen LogP contribution >= 0.6 is 22.6 Å². The molecule has 1 aromatic heterocycles. The summed E-state index contributed by atoms with van der Waals surface area (Å²) in [6.07, 6.45) is 9.00. The molecule has 0 aromatic carbocycles. The van der Waals surface area contributed by atoms with Gasteiger partial charge in [-0.1, -0.05) is 13.3 Å². The van der Waals surface area contributed by atoms with E-state index in [1.54, 1.807) is 0 Å². The molecule has 1 heterocycles. The largest absolute Gasteiger partial charge is 0.354 e. The Kier molecular flexibility index (Phi) is 3.43. The maximum Gasteiger partial charge on any atom is 0.222 e. The third-order valence-corrected chi connectivity index (χ3v) is 3.54. The van der Waals surface area contributed by atoms with Crippen molar-refractivity contribution in [3.05, 3.63) is 16.0 Å². The summed E-state index contributed by atoms with van der Waals surface area (Å²) in [5, 5.41) is 3.33. The number of anilines is 1. The lowest BCUT2D eigenvalue weighted by molar-refractivity contribution is 0.484. The van der Waals surface area contributed by atoms with Crippen molar-refractivity contribution >= 4 is 28.5 Å². The van der Waals surface area contributed by atoms with Gasteiger partial charge < -0.3 is 5.32 Å². The third kappa shape index (κ3) is 3.03. The molecule has 1 aliphatic rings. The number of aromatic nitrogens is 2. The van der Waals surface area contributed by atoms with Crippen LogP contribution in [0.1, 0.15) is 32.6 Å². The average molecular weight is 317 g/mol.